The SMILES string of the molecule is O=C(O)N[C@H]1C[C@@H](Nc2nc3ccccc3s2)C1. The van der Waals surface area contributed by atoms with E-state index in [4.69, 9.17) is 5.11 Å². The highest BCUT2D eigenvalue weighted by Gasteiger charge is 2.30. The number of nitrogens with one attached hydrogen (secondary N) is 2. The number of carbonyl (C=O) groups is 1. The number of fused-ring (bicyclic) bond motifs is 1. The number of hydrogen-bond donors (Lipinski definition) is 3. The fourth-order valence-electron chi connectivity index (χ4n) is 2.14. The van der Waals surface area contributed by atoms with Gasteiger partial charge in [-0.25, -0.2) is 9.78 Å². The van der Waals surface area contributed by atoms with E-state index in [0.29, 0.717) is 6.04 Å². The van der Waals surface area contributed by atoms with Crippen LogP contribution >= 0.6 is 11.3 Å². The van der Waals surface area contributed by atoms with Crippen molar-refractivity contribution in [2.75, 3.05) is 5.32 Å². The highest BCUT2D eigenvalue weighted by atomic mass is 32.1. The van der Waals surface area contributed by atoms with Crippen molar-refractivity contribution in [2.45, 2.75) is 24.9 Å². The Morgan fingerprint density at radius 1 is 1.33 bits per heavy atom. The molecule has 0 spiro atoms. The molecule has 1 aromatic carbocycles. The Balaban J connectivity index is 1.59. The summed E-state index contributed by atoms with van der Waals surface area (Å²) >= 11 is 1.63. The third-order valence-electron chi connectivity index (χ3n) is 3.09. The second kappa shape index (κ2) is 4.45. The van der Waals surface area contributed by atoms with Gasteiger partial charge in [0.15, 0.2) is 5.13 Å². The van der Waals surface area contributed by atoms with Crippen LogP contribution in [0.3, 0.4) is 0 Å². The first-order valence-electron chi connectivity index (χ1n) is 5.82. The number of carboxylic acid groups (broad SMARTS) is 1. The van der Waals surface area contributed by atoms with E-state index < -0.39 is 6.09 Å². The van der Waals surface area contributed by atoms with Gasteiger partial charge in [0.1, 0.15) is 0 Å². The fraction of sp³-hybridized carbons (Fsp3) is 0.333. The van der Waals surface area contributed by atoms with E-state index in [1.165, 1.54) is 4.70 Å². The summed E-state index contributed by atoms with van der Waals surface area (Å²) < 4.78 is 1.17. The molecule has 5 nitrogen and oxygen atoms in total. The largest absolute Gasteiger partial charge is 0.465 e. The molecule has 94 valence electrons. The number of hydrogen-bond acceptors (Lipinski definition) is 4. The minimum absolute atomic E-state index is 0.0781. The maximum absolute atomic E-state index is 10.4. The first-order valence-corrected chi connectivity index (χ1v) is 6.64. The predicted molar refractivity (Wildman–Crippen MR) is 71.2 cm³/mol. The summed E-state index contributed by atoms with van der Waals surface area (Å²) in [6, 6.07) is 8.42. The Morgan fingerprint density at radius 3 is 2.83 bits per heavy atom. The van der Waals surface area contributed by atoms with Crippen LogP contribution in [0.2, 0.25) is 0 Å². The van der Waals surface area contributed by atoms with Gasteiger partial charge in [-0.15, -0.1) is 0 Å². The van der Waals surface area contributed by atoms with Gasteiger partial charge < -0.3 is 15.7 Å². The maximum atomic E-state index is 10.4. The third kappa shape index (κ3) is 2.24. The molecule has 0 aliphatic heterocycles. The van der Waals surface area contributed by atoms with Gasteiger partial charge in [0, 0.05) is 12.1 Å². The van der Waals surface area contributed by atoms with Crippen molar-refractivity contribution in [3.63, 3.8) is 0 Å². The summed E-state index contributed by atoms with van der Waals surface area (Å²) in [6.45, 7) is 0. The average molecular weight is 263 g/mol. The lowest BCUT2D eigenvalue weighted by Crippen LogP contribution is -2.49. The van der Waals surface area contributed by atoms with E-state index in [1.54, 1.807) is 11.3 Å². The zero-order valence-corrected chi connectivity index (χ0v) is 10.4. The lowest BCUT2D eigenvalue weighted by Gasteiger charge is -2.35. The molecule has 0 saturated heterocycles. The molecule has 0 atom stereocenters. The van der Waals surface area contributed by atoms with Crippen molar-refractivity contribution < 1.29 is 9.90 Å². The molecule has 0 bridgehead atoms. The number of aromatic nitrogens is 1. The van der Waals surface area contributed by atoms with Crippen molar-refractivity contribution in [1.29, 1.82) is 0 Å². The molecular weight excluding hydrogens is 250 g/mol. The van der Waals surface area contributed by atoms with E-state index >= 15 is 0 Å². The van der Waals surface area contributed by atoms with Crippen molar-refractivity contribution in [3.05, 3.63) is 24.3 Å². The first kappa shape index (κ1) is 11.3. The Kier molecular flexibility index (Phi) is 2.79. The molecule has 1 saturated carbocycles. The third-order valence-corrected chi connectivity index (χ3v) is 4.05. The van der Waals surface area contributed by atoms with Gasteiger partial charge in [-0.1, -0.05) is 23.5 Å². The maximum Gasteiger partial charge on any atom is 0.404 e. The Labute approximate surface area is 108 Å². The Bertz CT molecular complexity index is 544. The monoisotopic (exact) mass is 263 g/mol. The molecule has 1 aliphatic carbocycles. The standard InChI is InChI=1S/C12H13N3O2S/c16-12(17)14-8-5-7(6-8)13-11-15-9-3-1-2-4-10(9)18-11/h1-4,7-8,14H,5-6H2,(H,13,15)(H,16,17)/t7-,8+. The van der Waals surface area contributed by atoms with E-state index in [9.17, 15) is 4.79 Å². The number of benzene rings is 1. The summed E-state index contributed by atoms with van der Waals surface area (Å²) in [5.74, 6) is 0. The van der Waals surface area contributed by atoms with E-state index in [0.717, 1.165) is 23.5 Å². The lowest BCUT2D eigenvalue weighted by molar-refractivity contribution is 0.180. The first-order chi connectivity index (χ1) is 8.70. The molecule has 1 aromatic heterocycles. The minimum atomic E-state index is -0.946. The molecule has 1 fully saturated rings. The van der Waals surface area contributed by atoms with Crippen LogP contribution in [0.5, 0.6) is 0 Å². The van der Waals surface area contributed by atoms with Crippen LogP contribution < -0.4 is 10.6 Å². The van der Waals surface area contributed by atoms with Gasteiger partial charge in [0.05, 0.1) is 10.2 Å². The van der Waals surface area contributed by atoms with Gasteiger partial charge in [0.25, 0.3) is 0 Å². The van der Waals surface area contributed by atoms with Crippen LogP contribution in [0.4, 0.5) is 9.93 Å². The second-order valence-corrected chi connectivity index (χ2v) is 5.48. The molecule has 18 heavy (non-hydrogen) atoms. The van der Waals surface area contributed by atoms with Crippen LogP contribution in [0.25, 0.3) is 10.2 Å². The number of thiazole rings is 1. The number of amides is 1. The van der Waals surface area contributed by atoms with E-state index in [2.05, 4.69) is 15.6 Å². The quantitative estimate of drug-likeness (QED) is 0.795. The molecule has 0 radical (unpaired) electrons. The van der Waals surface area contributed by atoms with Crippen LogP contribution in [-0.4, -0.2) is 28.3 Å². The molecule has 3 rings (SSSR count). The van der Waals surface area contributed by atoms with Gasteiger partial charge >= 0.3 is 6.09 Å². The summed E-state index contributed by atoms with van der Waals surface area (Å²) in [5.41, 5.74) is 1.00. The molecule has 1 heterocycles. The zero-order chi connectivity index (χ0) is 12.5. The molecule has 1 aliphatic rings. The number of para-hydroxylation sites is 1. The van der Waals surface area contributed by atoms with E-state index in [-0.39, 0.29) is 6.04 Å². The highest BCUT2D eigenvalue weighted by molar-refractivity contribution is 7.22. The Morgan fingerprint density at radius 2 is 2.11 bits per heavy atom. The van der Waals surface area contributed by atoms with Crippen LogP contribution in [0.15, 0.2) is 24.3 Å². The van der Waals surface area contributed by atoms with Crippen molar-refractivity contribution in [2.24, 2.45) is 0 Å². The second-order valence-electron chi connectivity index (χ2n) is 4.45. The van der Waals surface area contributed by atoms with Crippen molar-refractivity contribution >= 4 is 32.8 Å². The number of rotatable bonds is 3. The average Bonchev–Trinajstić information content (AvgIpc) is 2.67. The number of anilines is 1. The fourth-order valence-corrected chi connectivity index (χ4v) is 3.08. The molecule has 6 heteroatoms. The summed E-state index contributed by atoms with van der Waals surface area (Å²) in [4.78, 5) is 14.9. The van der Waals surface area contributed by atoms with Crippen LogP contribution in [0, 0.1) is 0 Å². The molecule has 2 aromatic rings. The van der Waals surface area contributed by atoms with Crippen molar-refractivity contribution in [3.8, 4) is 0 Å². The number of nitrogens with zero attached hydrogens (tertiary/aromatic N) is 1. The van der Waals surface area contributed by atoms with Crippen LogP contribution in [0.1, 0.15) is 12.8 Å². The molecule has 3 N–H and O–H groups in total. The molecular formula is C12H13N3O2S. The van der Waals surface area contributed by atoms with Gasteiger partial charge in [-0.3, -0.25) is 0 Å². The summed E-state index contributed by atoms with van der Waals surface area (Å²) in [7, 11) is 0. The minimum Gasteiger partial charge on any atom is -0.465 e. The highest BCUT2D eigenvalue weighted by Crippen LogP contribution is 2.29. The van der Waals surface area contributed by atoms with Gasteiger partial charge in [-0.2, -0.15) is 0 Å². The predicted octanol–water partition coefficient (Wildman–Crippen LogP) is 2.51. The Hall–Kier alpha value is -1.82. The molecule has 0 unspecified atom stereocenters. The van der Waals surface area contributed by atoms with Crippen LogP contribution in [-0.2, 0) is 0 Å². The molecule has 1 amide bonds. The van der Waals surface area contributed by atoms with Gasteiger partial charge in [-0.05, 0) is 25.0 Å². The van der Waals surface area contributed by atoms with E-state index in [1.807, 2.05) is 24.3 Å². The topological polar surface area (TPSA) is 74.2 Å². The lowest BCUT2D eigenvalue weighted by atomic mass is 9.87. The zero-order valence-electron chi connectivity index (χ0n) is 9.59. The van der Waals surface area contributed by atoms with Gasteiger partial charge in [0.2, 0.25) is 0 Å². The smallest absolute Gasteiger partial charge is 0.404 e. The summed E-state index contributed by atoms with van der Waals surface area (Å²) in [6.07, 6.45) is 0.697. The summed E-state index contributed by atoms with van der Waals surface area (Å²) in [5, 5.41) is 15.3. The van der Waals surface area contributed by atoms with Crippen molar-refractivity contribution in [1.82, 2.24) is 10.3 Å². The normalized spacial score (nSPS) is 22.4.